The lowest BCUT2D eigenvalue weighted by atomic mass is 10.1. The van der Waals surface area contributed by atoms with Crippen LogP contribution in [0.25, 0.3) is 0 Å². The number of carbonyl (C=O) groups is 3. The van der Waals surface area contributed by atoms with Crippen molar-refractivity contribution in [3.05, 3.63) is 167 Å². The Kier molecular flexibility index (Phi) is 15.5. The lowest BCUT2D eigenvalue weighted by molar-refractivity contribution is -0.137. The Morgan fingerprint density at radius 1 is 0.702 bits per heavy atom. The maximum absolute atomic E-state index is 13.3. The molecule has 57 heavy (non-hydrogen) atoms. The summed E-state index contributed by atoms with van der Waals surface area (Å²) in [4.78, 5) is 42.5. The maximum Gasteiger partial charge on any atom is 0.343 e. The summed E-state index contributed by atoms with van der Waals surface area (Å²) in [6.45, 7) is 10.5. The Bertz CT molecular complexity index is 2180. The molecule has 0 amide bonds. The summed E-state index contributed by atoms with van der Waals surface area (Å²) < 4.78 is 22.5. The first-order chi connectivity index (χ1) is 27.7. The van der Waals surface area contributed by atoms with Crippen molar-refractivity contribution in [3.63, 3.8) is 0 Å². The van der Waals surface area contributed by atoms with E-state index in [-0.39, 0.29) is 11.5 Å². The lowest BCUT2D eigenvalue weighted by Gasteiger charge is -2.19. The minimum absolute atomic E-state index is 0.231. The number of hydrazone groups is 1. The van der Waals surface area contributed by atoms with E-state index in [1.54, 1.807) is 65.8 Å². The first kappa shape index (κ1) is 41.4. The monoisotopic (exact) mass is 765 g/mol. The number of carbonyl (C=O) groups excluding carboxylic acids is 3. The lowest BCUT2D eigenvalue weighted by Crippen LogP contribution is -2.23. The summed E-state index contributed by atoms with van der Waals surface area (Å²) in [6, 6.07) is 36.3. The zero-order chi connectivity index (χ0) is 40.4. The van der Waals surface area contributed by atoms with Crippen LogP contribution in [0.5, 0.6) is 17.2 Å². The van der Waals surface area contributed by atoms with Gasteiger partial charge in [0.05, 0.1) is 42.8 Å². The van der Waals surface area contributed by atoms with Gasteiger partial charge in [0.2, 0.25) is 0 Å². The fourth-order valence-corrected chi connectivity index (χ4v) is 5.51. The van der Waals surface area contributed by atoms with Crippen molar-refractivity contribution in [1.82, 2.24) is 5.01 Å². The molecule has 10 heteroatoms. The third-order valence-corrected chi connectivity index (χ3v) is 8.77. The third-order valence-electron chi connectivity index (χ3n) is 8.77. The van der Waals surface area contributed by atoms with Gasteiger partial charge in [0.25, 0.3) is 0 Å². The topological polar surface area (TPSA) is 116 Å². The molecule has 0 N–H and O–H groups in total. The van der Waals surface area contributed by atoms with E-state index < -0.39 is 17.9 Å². The number of hydrogen-bond acceptors (Lipinski definition) is 9. The van der Waals surface area contributed by atoms with Gasteiger partial charge in [-0.1, -0.05) is 72.8 Å². The molecule has 0 saturated carbocycles. The van der Waals surface area contributed by atoms with Crippen molar-refractivity contribution >= 4 is 35.6 Å². The zero-order valence-corrected chi connectivity index (χ0v) is 32.6. The minimum Gasteiger partial charge on any atom is -0.494 e. The second-order valence-corrected chi connectivity index (χ2v) is 13.2. The van der Waals surface area contributed by atoms with E-state index in [0.29, 0.717) is 48.0 Å². The van der Waals surface area contributed by atoms with Crippen LogP contribution in [0.15, 0.2) is 144 Å². The predicted octanol–water partition coefficient (Wildman–Crippen LogP) is 10.00. The smallest absolute Gasteiger partial charge is 0.343 e. The third kappa shape index (κ3) is 13.2. The summed E-state index contributed by atoms with van der Waals surface area (Å²) in [5, 5.41) is 6.59. The second kappa shape index (κ2) is 21.3. The van der Waals surface area contributed by atoms with E-state index in [2.05, 4.69) is 6.58 Å². The van der Waals surface area contributed by atoms with Gasteiger partial charge >= 0.3 is 17.9 Å². The van der Waals surface area contributed by atoms with E-state index in [1.165, 1.54) is 0 Å². The quantitative estimate of drug-likeness (QED) is 0.0165. The number of unbranched alkanes of at least 4 members (excludes halogenated alkanes) is 3. The number of aliphatic imine (C=N–C) groups is 1. The first-order valence-corrected chi connectivity index (χ1v) is 18.8. The van der Waals surface area contributed by atoms with Gasteiger partial charge in [0.1, 0.15) is 23.1 Å². The van der Waals surface area contributed by atoms with Crippen molar-refractivity contribution in [2.24, 2.45) is 10.1 Å². The number of hydrogen-bond donors (Lipinski definition) is 0. The molecule has 0 heterocycles. The van der Waals surface area contributed by atoms with Gasteiger partial charge in [-0.05, 0) is 118 Å². The molecule has 5 aromatic rings. The summed E-state index contributed by atoms with van der Waals surface area (Å²) in [5.41, 5.74) is 5.01. The Labute approximate surface area is 334 Å². The van der Waals surface area contributed by atoms with Gasteiger partial charge in [0.15, 0.2) is 0 Å². The summed E-state index contributed by atoms with van der Waals surface area (Å²) >= 11 is 0. The molecule has 0 aliphatic heterocycles. The zero-order valence-electron chi connectivity index (χ0n) is 32.6. The van der Waals surface area contributed by atoms with Crippen LogP contribution in [0, 0.1) is 13.8 Å². The van der Waals surface area contributed by atoms with Crippen molar-refractivity contribution in [2.45, 2.75) is 53.0 Å². The van der Waals surface area contributed by atoms with Gasteiger partial charge < -0.3 is 18.9 Å². The molecule has 0 aliphatic rings. The molecule has 0 aromatic heterocycles. The summed E-state index contributed by atoms with van der Waals surface area (Å²) in [6.07, 6.45) is 6.18. The van der Waals surface area contributed by atoms with Gasteiger partial charge in [0, 0.05) is 11.6 Å². The number of benzene rings is 5. The highest BCUT2D eigenvalue weighted by molar-refractivity contribution is 5.95. The molecule has 5 rings (SSSR count). The molecule has 5 aromatic carbocycles. The highest BCUT2D eigenvalue weighted by Crippen LogP contribution is 2.26. The van der Waals surface area contributed by atoms with Gasteiger partial charge in [-0.15, -0.1) is 0 Å². The Hall–Kier alpha value is -6.81. The standard InChI is InChI=1S/C47H47N3O7/c1-5-45(51)55-30-14-7-6-13-29-54-41-25-23-39(24-26-41)46(52)56-42-27-28-44(57-47(53)38-21-19-34(2)20-22-38)40(31-42)32-48-50(33-37-16-9-8-10-17-37)36(4)49-43-18-12-11-15-35(43)3/h5,8-12,15-28,31-32H,1,6-7,13-14,29-30,33H2,2-4H3/b48-32+,49-36+. The van der Waals surface area contributed by atoms with Crippen molar-refractivity contribution < 1.29 is 33.3 Å². The highest BCUT2D eigenvalue weighted by Gasteiger charge is 2.16. The molecule has 0 spiro atoms. The van der Waals surface area contributed by atoms with E-state index in [0.717, 1.165) is 54.1 Å². The van der Waals surface area contributed by atoms with E-state index in [1.807, 2.05) is 87.5 Å². The number of aryl methyl sites for hydroxylation is 2. The molecule has 0 radical (unpaired) electrons. The van der Waals surface area contributed by atoms with E-state index in [9.17, 15) is 14.4 Å². The van der Waals surface area contributed by atoms with Crippen LogP contribution in [0.3, 0.4) is 0 Å². The second-order valence-electron chi connectivity index (χ2n) is 13.2. The number of amidine groups is 1. The van der Waals surface area contributed by atoms with Crippen molar-refractivity contribution in [1.29, 1.82) is 0 Å². The molecule has 0 unspecified atom stereocenters. The van der Waals surface area contributed by atoms with Crippen LogP contribution in [0.2, 0.25) is 0 Å². The fourth-order valence-electron chi connectivity index (χ4n) is 5.51. The van der Waals surface area contributed by atoms with Crippen LogP contribution in [0.4, 0.5) is 5.69 Å². The van der Waals surface area contributed by atoms with Crippen LogP contribution >= 0.6 is 0 Å². The summed E-state index contributed by atoms with van der Waals surface area (Å²) in [7, 11) is 0. The molecular formula is C47H47N3O7. The number of para-hydroxylation sites is 1. The summed E-state index contributed by atoms with van der Waals surface area (Å²) in [5.74, 6) is 0.213. The Balaban J connectivity index is 1.32. The van der Waals surface area contributed by atoms with Crippen molar-refractivity contribution in [3.8, 4) is 17.2 Å². The fraction of sp³-hybridized carbons (Fsp3) is 0.213. The molecule has 10 nitrogen and oxygen atoms in total. The molecular weight excluding hydrogens is 719 g/mol. The van der Waals surface area contributed by atoms with Gasteiger partial charge in [-0.25, -0.2) is 24.4 Å². The molecule has 0 fully saturated rings. The SMILES string of the molecule is C=CC(=O)OCCCCCCOc1ccc(C(=O)Oc2ccc(OC(=O)c3ccc(C)cc3)c(/C=N/N(Cc3ccccc3)/C(C)=N/c3ccccc3C)c2)cc1. The number of ether oxygens (including phenoxy) is 4. The number of rotatable bonds is 18. The predicted molar refractivity (Wildman–Crippen MR) is 223 cm³/mol. The average molecular weight is 766 g/mol. The number of esters is 3. The minimum atomic E-state index is -0.571. The van der Waals surface area contributed by atoms with Crippen LogP contribution < -0.4 is 14.2 Å². The molecule has 0 aliphatic carbocycles. The van der Waals surface area contributed by atoms with Crippen molar-refractivity contribution in [2.75, 3.05) is 13.2 Å². The Morgan fingerprint density at radius 2 is 1.33 bits per heavy atom. The van der Waals surface area contributed by atoms with E-state index >= 15 is 0 Å². The molecule has 0 bridgehead atoms. The average Bonchev–Trinajstić information content (AvgIpc) is 3.22. The normalized spacial score (nSPS) is 11.2. The van der Waals surface area contributed by atoms with Crippen LogP contribution in [-0.2, 0) is 16.1 Å². The van der Waals surface area contributed by atoms with Gasteiger partial charge in [-0.2, -0.15) is 5.10 Å². The molecule has 0 atom stereocenters. The van der Waals surface area contributed by atoms with Gasteiger partial charge in [-0.3, -0.25) is 0 Å². The molecule has 0 saturated heterocycles. The number of nitrogens with zero attached hydrogens (tertiary/aromatic N) is 3. The largest absolute Gasteiger partial charge is 0.494 e. The highest BCUT2D eigenvalue weighted by atomic mass is 16.5. The first-order valence-electron chi connectivity index (χ1n) is 18.8. The molecule has 292 valence electrons. The van der Waals surface area contributed by atoms with E-state index in [4.69, 9.17) is 29.0 Å². The van der Waals surface area contributed by atoms with Crippen LogP contribution in [-0.4, -0.2) is 48.2 Å². The Morgan fingerprint density at radius 3 is 2.04 bits per heavy atom. The maximum atomic E-state index is 13.3. The van der Waals surface area contributed by atoms with Crippen LogP contribution in [0.1, 0.15) is 75.6 Å².